The molecule has 1 amide bonds. The van der Waals surface area contributed by atoms with E-state index in [0.29, 0.717) is 38.4 Å². The van der Waals surface area contributed by atoms with Gasteiger partial charge in [0.05, 0.1) is 26.4 Å². The van der Waals surface area contributed by atoms with Crippen molar-refractivity contribution in [3.63, 3.8) is 0 Å². The average Bonchev–Trinajstić information content (AvgIpc) is 2.88. The van der Waals surface area contributed by atoms with Crippen LogP contribution in [-0.2, 0) is 30.3 Å². The van der Waals surface area contributed by atoms with Gasteiger partial charge < -0.3 is 29.4 Å². The minimum Gasteiger partial charge on any atom is -0.459 e. The van der Waals surface area contributed by atoms with E-state index in [1.54, 1.807) is 18.2 Å². The number of hydrogen-bond acceptors (Lipinski definition) is 6. The summed E-state index contributed by atoms with van der Waals surface area (Å²) in [5.41, 5.74) is 1.44. The summed E-state index contributed by atoms with van der Waals surface area (Å²) >= 11 is 0. The first-order valence-corrected chi connectivity index (χ1v) is 12.0. The normalized spacial score (nSPS) is 19.6. The van der Waals surface area contributed by atoms with Crippen LogP contribution in [0.2, 0.25) is 0 Å². The molecule has 2 aromatic rings. The fraction of sp³-hybridized carbons (Fsp3) is 0.444. The van der Waals surface area contributed by atoms with Crippen LogP contribution < -0.4 is 5.32 Å². The zero-order chi connectivity index (χ0) is 24.9. The number of amides is 1. The van der Waals surface area contributed by atoms with Gasteiger partial charge in [0.2, 0.25) is 6.29 Å². The Balaban J connectivity index is 1.72. The maximum atomic E-state index is 14.0. The van der Waals surface area contributed by atoms with E-state index in [-0.39, 0.29) is 43.2 Å². The van der Waals surface area contributed by atoms with E-state index in [2.05, 4.69) is 5.32 Å². The number of nitrogens with one attached hydrogen (secondary N) is 1. The Morgan fingerprint density at radius 1 is 1.03 bits per heavy atom. The van der Waals surface area contributed by atoms with Gasteiger partial charge in [-0.2, -0.15) is 0 Å². The van der Waals surface area contributed by atoms with Gasteiger partial charge in [0.25, 0.3) is 5.91 Å². The zero-order valence-electron chi connectivity index (χ0n) is 20.0. The molecular weight excluding hydrogens is 453 g/mol. The quantitative estimate of drug-likeness (QED) is 0.397. The van der Waals surface area contributed by atoms with Crippen LogP contribution in [0, 0.1) is 11.7 Å². The van der Waals surface area contributed by atoms with E-state index in [0.717, 1.165) is 5.56 Å². The van der Waals surface area contributed by atoms with Gasteiger partial charge in [0.15, 0.2) is 5.76 Å². The third kappa shape index (κ3) is 8.14. The van der Waals surface area contributed by atoms with Crippen LogP contribution >= 0.6 is 0 Å². The number of aliphatic hydroxyl groups is 1. The smallest absolute Gasteiger partial charge is 0.286 e. The summed E-state index contributed by atoms with van der Waals surface area (Å²) in [5, 5.41) is 11.5. The molecule has 0 fully saturated rings. The lowest BCUT2D eigenvalue weighted by molar-refractivity contribution is -0.168. The standard InChI is InChI=1S/C27H34FNO6/c1-2-34-27-22(12-14-32-16-17-33-15-13-30)23(20-8-4-3-5-9-20)18-25(35-27)26(31)29-19-21-10-6-7-11-24(21)28/h3-11,18,22-23,27,30H,2,12-17,19H2,1H3,(H,29,31)/t22-,23+,27+/m1/s1. The molecule has 3 rings (SSSR count). The van der Waals surface area contributed by atoms with Gasteiger partial charge in [-0.15, -0.1) is 0 Å². The molecule has 0 radical (unpaired) electrons. The third-order valence-electron chi connectivity index (χ3n) is 5.72. The number of aliphatic hydroxyl groups excluding tert-OH is 1. The van der Waals surface area contributed by atoms with Crippen molar-refractivity contribution in [2.75, 3.05) is 39.6 Å². The second kappa shape index (κ2) is 14.6. The third-order valence-corrected chi connectivity index (χ3v) is 5.72. The number of halogens is 1. The van der Waals surface area contributed by atoms with Crippen molar-refractivity contribution in [2.45, 2.75) is 32.1 Å². The molecule has 35 heavy (non-hydrogen) atoms. The Bertz CT molecular complexity index is 938. The van der Waals surface area contributed by atoms with Gasteiger partial charge in [0.1, 0.15) is 5.82 Å². The molecule has 0 saturated heterocycles. The first-order chi connectivity index (χ1) is 17.1. The van der Waals surface area contributed by atoms with Crippen LogP contribution in [0.15, 0.2) is 66.4 Å². The van der Waals surface area contributed by atoms with Crippen molar-refractivity contribution < 1.29 is 33.2 Å². The molecule has 0 saturated carbocycles. The number of carbonyl (C=O) groups is 1. The van der Waals surface area contributed by atoms with Gasteiger partial charge in [-0.3, -0.25) is 4.79 Å². The fourth-order valence-corrected chi connectivity index (χ4v) is 4.00. The van der Waals surface area contributed by atoms with Crippen molar-refractivity contribution >= 4 is 5.91 Å². The molecule has 2 aromatic carbocycles. The molecule has 0 bridgehead atoms. The lowest BCUT2D eigenvalue weighted by Gasteiger charge is -2.37. The maximum Gasteiger partial charge on any atom is 0.286 e. The number of allylic oxidation sites excluding steroid dienone is 1. The molecule has 190 valence electrons. The lowest BCUT2D eigenvalue weighted by Crippen LogP contribution is -2.39. The topological polar surface area (TPSA) is 86.3 Å². The second-order valence-electron chi connectivity index (χ2n) is 8.08. The monoisotopic (exact) mass is 487 g/mol. The molecule has 0 unspecified atom stereocenters. The SMILES string of the molecule is CCO[C@H]1OC(C(=O)NCc2ccccc2F)=C[C@@H](c2ccccc2)[C@H]1CCOCCOCCO. The first kappa shape index (κ1) is 26.8. The van der Waals surface area contributed by atoms with Crippen LogP contribution in [0.3, 0.4) is 0 Å². The van der Waals surface area contributed by atoms with Crippen LogP contribution in [0.1, 0.15) is 30.4 Å². The van der Waals surface area contributed by atoms with E-state index < -0.39 is 12.2 Å². The molecule has 1 aliphatic heterocycles. The van der Waals surface area contributed by atoms with Gasteiger partial charge in [0, 0.05) is 37.2 Å². The molecule has 1 heterocycles. The van der Waals surface area contributed by atoms with Crippen molar-refractivity contribution in [1.29, 1.82) is 0 Å². The van der Waals surface area contributed by atoms with Crippen LogP contribution in [0.4, 0.5) is 4.39 Å². The Morgan fingerprint density at radius 3 is 2.46 bits per heavy atom. The zero-order valence-corrected chi connectivity index (χ0v) is 20.0. The highest BCUT2D eigenvalue weighted by Crippen LogP contribution is 2.38. The Kier molecular flexibility index (Phi) is 11.2. The van der Waals surface area contributed by atoms with E-state index in [4.69, 9.17) is 24.1 Å². The molecule has 0 aliphatic carbocycles. The van der Waals surface area contributed by atoms with Crippen LogP contribution in [0.25, 0.3) is 0 Å². The molecule has 7 nitrogen and oxygen atoms in total. The Morgan fingerprint density at radius 2 is 1.74 bits per heavy atom. The summed E-state index contributed by atoms with van der Waals surface area (Å²) in [6.07, 6.45) is 1.82. The average molecular weight is 488 g/mol. The van der Waals surface area contributed by atoms with Crippen molar-refractivity contribution in [3.8, 4) is 0 Å². The summed E-state index contributed by atoms with van der Waals surface area (Å²) in [5.74, 6) is -0.857. The number of benzene rings is 2. The second-order valence-corrected chi connectivity index (χ2v) is 8.08. The predicted octanol–water partition coefficient (Wildman–Crippen LogP) is 3.53. The van der Waals surface area contributed by atoms with Gasteiger partial charge in [-0.25, -0.2) is 4.39 Å². The highest BCUT2D eigenvalue weighted by Gasteiger charge is 2.37. The first-order valence-electron chi connectivity index (χ1n) is 12.0. The largest absolute Gasteiger partial charge is 0.459 e. The van der Waals surface area contributed by atoms with Gasteiger partial charge >= 0.3 is 0 Å². The number of carbonyl (C=O) groups excluding carboxylic acids is 1. The molecule has 2 N–H and O–H groups in total. The van der Waals surface area contributed by atoms with E-state index in [1.807, 2.05) is 43.3 Å². The van der Waals surface area contributed by atoms with Crippen molar-refractivity contribution in [1.82, 2.24) is 5.32 Å². The summed E-state index contributed by atoms with van der Waals surface area (Å²) in [6, 6.07) is 16.2. The van der Waals surface area contributed by atoms with E-state index in [1.165, 1.54) is 6.07 Å². The fourth-order valence-electron chi connectivity index (χ4n) is 4.00. The number of ether oxygens (including phenoxy) is 4. The Labute approximate surface area is 205 Å². The summed E-state index contributed by atoms with van der Waals surface area (Å²) in [7, 11) is 0. The molecule has 0 spiro atoms. The highest BCUT2D eigenvalue weighted by atomic mass is 19.1. The van der Waals surface area contributed by atoms with Crippen LogP contribution in [0.5, 0.6) is 0 Å². The predicted molar refractivity (Wildman–Crippen MR) is 129 cm³/mol. The number of rotatable bonds is 14. The summed E-state index contributed by atoms with van der Waals surface area (Å²) < 4.78 is 36.8. The van der Waals surface area contributed by atoms with Crippen LogP contribution in [-0.4, -0.2) is 56.9 Å². The van der Waals surface area contributed by atoms with Gasteiger partial charge in [-0.1, -0.05) is 48.5 Å². The number of hydrogen-bond donors (Lipinski definition) is 2. The van der Waals surface area contributed by atoms with Crippen molar-refractivity contribution in [3.05, 3.63) is 83.4 Å². The van der Waals surface area contributed by atoms with Crippen molar-refractivity contribution in [2.24, 2.45) is 5.92 Å². The molecule has 1 aliphatic rings. The minimum absolute atomic E-state index is 0.0171. The summed E-state index contributed by atoms with van der Waals surface area (Å²) in [6.45, 7) is 3.91. The highest BCUT2D eigenvalue weighted by molar-refractivity contribution is 5.91. The molecule has 8 heteroatoms. The molecule has 0 aromatic heterocycles. The maximum absolute atomic E-state index is 14.0. The van der Waals surface area contributed by atoms with E-state index >= 15 is 0 Å². The summed E-state index contributed by atoms with van der Waals surface area (Å²) in [4.78, 5) is 13.0. The van der Waals surface area contributed by atoms with E-state index in [9.17, 15) is 9.18 Å². The lowest BCUT2D eigenvalue weighted by atomic mass is 9.81. The molecule has 3 atom stereocenters. The Hall–Kier alpha value is -2.78. The van der Waals surface area contributed by atoms with Gasteiger partial charge in [-0.05, 0) is 31.1 Å². The minimum atomic E-state index is -0.640. The molecular formula is C27H34FNO6.